The highest BCUT2D eigenvalue weighted by Gasteiger charge is 2.44. The zero-order valence-electron chi connectivity index (χ0n) is 12.2. The molecule has 0 aliphatic carbocycles. The molecule has 5 heteroatoms. The van der Waals surface area contributed by atoms with Crippen LogP contribution in [0.15, 0.2) is 0 Å². The summed E-state index contributed by atoms with van der Waals surface area (Å²) in [6.07, 6.45) is 3.62. The second-order valence-corrected chi connectivity index (χ2v) is 6.29. The number of amides is 1. The van der Waals surface area contributed by atoms with E-state index < -0.39 is 12.0 Å². The van der Waals surface area contributed by atoms with Crippen LogP contribution in [0.5, 0.6) is 0 Å². The average Bonchev–Trinajstić information content (AvgIpc) is 2.25. The Morgan fingerprint density at radius 3 is 2.63 bits per heavy atom. The molecule has 0 saturated carbocycles. The van der Waals surface area contributed by atoms with Gasteiger partial charge in [0.1, 0.15) is 6.04 Å². The molecule has 1 saturated heterocycles. The van der Waals surface area contributed by atoms with Gasteiger partial charge in [-0.3, -0.25) is 4.79 Å². The highest BCUT2D eigenvalue weighted by Crippen LogP contribution is 2.35. The van der Waals surface area contributed by atoms with Crippen LogP contribution in [0.3, 0.4) is 0 Å². The van der Waals surface area contributed by atoms with Crippen molar-refractivity contribution in [3.8, 4) is 0 Å². The second-order valence-electron chi connectivity index (χ2n) is 6.29. The van der Waals surface area contributed by atoms with E-state index in [0.29, 0.717) is 13.0 Å². The molecule has 0 aromatic heterocycles. The van der Waals surface area contributed by atoms with E-state index in [-0.39, 0.29) is 17.4 Å². The van der Waals surface area contributed by atoms with Crippen LogP contribution in [-0.2, 0) is 9.59 Å². The molecule has 2 atom stereocenters. The number of carbonyl (C=O) groups is 2. The molecule has 1 aliphatic rings. The zero-order chi connectivity index (χ0) is 14.6. The number of carbonyl (C=O) groups excluding carboxylic acids is 1. The van der Waals surface area contributed by atoms with Crippen molar-refractivity contribution >= 4 is 11.9 Å². The number of nitrogens with two attached hydrogens (primary N) is 1. The summed E-state index contributed by atoms with van der Waals surface area (Å²) in [4.78, 5) is 25.2. The Morgan fingerprint density at radius 2 is 2.11 bits per heavy atom. The summed E-state index contributed by atoms with van der Waals surface area (Å²) < 4.78 is 0. The third-order valence-electron chi connectivity index (χ3n) is 3.88. The fraction of sp³-hybridized carbons (Fsp3) is 0.857. The van der Waals surface area contributed by atoms with Crippen LogP contribution >= 0.6 is 0 Å². The van der Waals surface area contributed by atoms with Crippen LogP contribution in [0, 0.1) is 5.41 Å². The van der Waals surface area contributed by atoms with E-state index in [2.05, 4.69) is 0 Å². The van der Waals surface area contributed by atoms with Crippen LogP contribution in [0.2, 0.25) is 0 Å². The van der Waals surface area contributed by atoms with E-state index in [1.54, 1.807) is 4.90 Å². The Hall–Kier alpha value is -1.10. The fourth-order valence-electron chi connectivity index (χ4n) is 2.85. The van der Waals surface area contributed by atoms with Crippen LogP contribution in [-0.4, -0.2) is 40.5 Å². The van der Waals surface area contributed by atoms with Crippen molar-refractivity contribution in [3.63, 3.8) is 0 Å². The first kappa shape index (κ1) is 16.0. The number of carboxylic acid groups (broad SMARTS) is 1. The minimum absolute atomic E-state index is 0.0548. The highest BCUT2D eigenvalue weighted by atomic mass is 16.4. The molecule has 1 heterocycles. The lowest BCUT2D eigenvalue weighted by Gasteiger charge is -2.44. The molecule has 0 spiro atoms. The van der Waals surface area contributed by atoms with Crippen LogP contribution in [0.4, 0.5) is 0 Å². The largest absolute Gasteiger partial charge is 0.480 e. The molecule has 0 bridgehead atoms. The van der Waals surface area contributed by atoms with Crippen LogP contribution in [0.25, 0.3) is 0 Å². The van der Waals surface area contributed by atoms with Gasteiger partial charge in [-0.2, -0.15) is 0 Å². The van der Waals surface area contributed by atoms with Gasteiger partial charge in [0, 0.05) is 19.0 Å². The predicted octanol–water partition coefficient (Wildman–Crippen LogP) is 1.61. The number of nitrogens with zero attached hydrogens (tertiary/aromatic N) is 1. The molecule has 1 amide bonds. The van der Waals surface area contributed by atoms with E-state index in [1.165, 1.54) is 0 Å². The van der Waals surface area contributed by atoms with Gasteiger partial charge in [0.15, 0.2) is 0 Å². The Labute approximate surface area is 115 Å². The molecule has 2 unspecified atom stereocenters. The summed E-state index contributed by atoms with van der Waals surface area (Å²) in [5, 5.41) is 9.39. The number of hydrogen-bond donors (Lipinski definition) is 2. The summed E-state index contributed by atoms with van der Waals surface area (Å²) in [6, 6.07) is -0.620. The van der Waals surface area contributed by atoms with E-state index in [1.807, 2.05) is 20.8 Å². The molecule has 110 valence electrons. The molecule has 1 rings (SSSR count). The topological polar surface area (TPSA) is 83.6 Å². The first-order valence-electron chi connectivity index (χ1n) is 7.03. The van der Waals surface area contributed by atoms with Crippen molar-refractivity contribution in [2.45, 2.75) is 65.0 Å². The minimum Gasteiger partial charge on any atom is -0.480 e. The quantitative estimate of drug-likeness (QED) is 0.795. The normalized spacial score (nSPS) is 24.0. The first-order chi connectivity index (χ1) is 8.75. The molecular formula is C14H26N2O3. The number of piperidine rings is 1. The number of rotatable bonds is 5. The van der Waals surface area contributed by atoms with Crippen LogP contribution in [0.1, 0.15) is 52.9 Å². The summed E-state index contributed by atoms with van der Waals surface area (Å²) in [7, 11) is 0. The molecular weight excluding hydrogens is 244 g/mol. The lowest BCUT2D eigenvalue weighted by molar-refractivity contribution is -0.158. The average molecular weight is 270 g/mol. The fourth-order valence-corrected chi connectivity index (χ4v) is 2.85. The van der Waals surface area contributed by atoms with Gasteiger partial charge < -0.3 is 15.7 Å². The molecule has 0 aromatic rings. The van der Waals surface area contributed by atoms with Gasteiger partial charge in [0.2, 0.25) is 5.91 Å². The van der Waals surface area contributed by atoms with Gasteiger partial charge >= 0.3 is 5.97 Å². The summed E-state index contributed by atoms with van der Waals surface area (Å²) >= 11 is 0. The number of aliphatic carboxylic acids is 1. The minimum atomic E-state index is -0.898. The van der Waals surface area contributed by atoms with Gasteiger partial charge in [0.25, 0.3) is 0 Å². The van der Waals surface area contributed by atoms with Gasteiger partial charge in [-0.15, -0.1) is 0 Å². The monoisotopic (exact) mass is 270 g/mol. The van der Waals surface area contributed by atoms with Gasteiger partial charge in [0.05, 0.1) is 0 Å². The SMILES string of the molecule is CC(N)CCCC(=O)N1CCCC(C)(C)C1C(=O)O. The molecule has 0 aromatic carbocycles. The Bertz CT molecular complexity index is 340. The molecule has 5 nitrogen and oxygen atoms in total. The lowest BCUT2D eigenvalue weighted by Crippen LogP contribution is -2.56. The maximum absolute atomic E-state index is 12.2. The number of likely N-dealkylation sites (tertiary alicyclic amines) is 1. The van der Waals surface area contributed by atoms with Gasteiger partial charge in [-0.25, -0.2) is 4.79 Å². The summed E-state index contributed by atoms with van der Waals surface area (Å²) in [6.45, 7) is 6.31. The molecule has 0 radical (unpaired) electrons. The highest BCUT2D eigenvalue weighted by molar-refractivity contribution is 5.84. The number of hydrogen-bond acceptors (Lipinski definition) is 3. The Morgan fingerprint density at radius 1 is 1.47 bits per heavy atom. The van der Waals surface area contributed by atoms with Crippen molar-refractivity contribution < 1.29 is 14.7 Å². The van der Waals surface area contributed by atoms with E-state index in [0.717, 1.165) is 25.7 Å². The third kappa shape index (κ3) is 4.20. The Balaban J connectivity index is 2.68. The smallest absolute Gasteiger partial charge is 0.326 e. The summed E-state index contributed by atoms with van der Waals surface area (Å²) in [5.41, 5.74) is 5.30. The zero-order valence-corrected chi connectivity index (χ0v) is 12.2. The van der Waals surface area contributed by atoms with E-state index >= 15 is 0 Å². The molecule has 3 N–H and O–H groups in total. The summed E-state index contributed by atoms with van der Waals surface area (Å²) in [5.74, 6) is -0.953. The van der Waals surface area contributed by atoms with Crippen LogP contribution < -0.4 is 5.73 Å². The van der Waals surface area contributed by atoms with Crippen molar-refractivity contribution in [2.75, 3.05) is 6.54 Å². The number of carboxylic acids is 1. The standard InChI is InChI=1S/C14H26N2O3/c1-10(15)6-4-7-11(17)16-9-5-8-14(2,3)12(16)13(18)19/h10,12H,4-9,15H2,1-3H3,(H,18,19). The molecule has 19 heavy (non-hydrogen) atoms. The molecule has 1 aliphatic heterocycles. The van der Waals surface area contributed by atoms with E-state index in [4.69, 9.17) is 5.73 Å². The maximum atomic E-state index is 12.2. The van der Waals surface area contributed by atoms with E-state index in [9.17, 15) is 14.7 Å². The van der Waals surface area contributed by atoms with Crippen molar-refractivity contribution in [3.05, 3.63) is 0 Å². The lowest BCUT2D eigenvalue weighted by atomic mass is 9.76. The molecule has 1 fully saturated rings. The Kier molecular flexibility index (Phi) is 5.35. The maximum Gasteiger partial charge on any atom is 0.326 e. The first-order valence-corrected chi connectivity index (χ1v) is 7.03. The van der Waals surface area contributed by atoms with Crippen molar-refractivity contribution in [2.24, 2.45) is 11.1 Å². The second kappa shape index (κ2) is 6.37. The van der Waals surface area contributed by atoms with Crippen molar-refractivity contribution in [1.82, 2.24) is 4.90 Å². The predicted molar refractivity (Wildman–Crippen MR) is 73.7 cm³/mol. The third-order valence-corrected chi connectivity index (χ3v) is 3.88. The van der Waals surface area contributed by atoms with Crippen molar-refractivity contribution in [1.29, 1.82) is 0 Å². The van der Waals surface area contributed by atoms with Gasteiger partial charge in [-0.1, -0.05) is 13.8 Å². The van der Waals surface area contributed by atoms with Gasteiger partial charge in [-0.05, 0) is 38.0 Å².